The number of hydrogen-bond donors (Lipinski definition) is 1. The molecule has 0 aliphatic carbocycles. The molecule has 0 spiro atoms. The van der Waals surface area contributed by atoms with E-state index in [9.17, 15) is 14.4 Å². The van der Waals surface area contributed by atoms with Gasteiger partial charge in [0.2, 0.25) is 0 Å². The van der Waals surface area contributed by atoms with E-state index in [1.54, 1.807) is 12.1 Å². The van der Waals surface area contributed by atoms with Crippen molar-refractivity contribution < 1.29 is 19.1 Å². The molecule has 2 heterocycles. The van der Waals surface area contributed by atoms with Crippen LogP contribution in [0.5, 0.6) is 0 Å². The van der Waals surface area contributed by atoms with E-state index in [1.165, 1.54) is 11.0 Å². The van der Waals surface area contributed by atoms with Crippen molar-refractivity contribution in [1.82, 2.24) is 4.90 Å². The molecule has 0 aromatic heterocycles. The maximum Gasteiger partial charge on any atom is 0.261 e. The Labute approximate surface area is 163 Å². The van der Waals surface area contributed by atoms with Gasteiger partial charge in [-0.25, -0.2) is 0 Å². The highest BCUT2D eigenvalue weighted by Crippen LogP contribution is 2.26. The fourth-order valence-electron chi connectivity index (χ4n) is 3.84. The number of nitrogens with zero attached hydrogens (tertiary/aromatic N) is 1. The molecule has 6 nitrogen and oxygen atoms in total. The van der Waals surface area contributed by atoms with Gasteiger partial charge in [-0.1, -0.05) is 6.07 Å². The van der Waals surface area contributed by atoms with Crippen LogP contribution in [0.4, 0.5) is 5.69 Å². The van der Waals surface area contributed by atoms with Crippen molar-refractivity contribution in [2.45, 2.75) is 32.8 Å². The first-order chi connectivity index (χ1) is 13.4. The van der Waals surface area contributed by atoms with E-state index in [0.29, 0.717) is 23.4 Å². The Morgan fingerprint density at radius 1 is 1.07 bits per heavy atom. The zero-order chi connectivity index (χ0) is 19.8. The number of rotatable bonds is 4. The number of hydrogen-bond acceptors (Lipinski definition) is 4. The van der Waals surface area contributed by atoms with Gasteiger partial charge in [0.15, 0.2) is 0 Å². The summed E-state index contributed by atoms with van der Waals surface area (Å²) in [5.41, 5.74) is 3.76. The molecule has 0 bridgehead atoms. The molecule has 1 saturated heterocycles. The third kappa shape index (κ3) is 3.43. The van der Waals surface area contributed by atoms with Gasteiger partial charge >= 0.3 is 0 Å². The van der Waals surface area contributed by atoms with E-state index in [4.69, 9.17) is 4.74 Å². The summed E-state index contributed by atoms with van der Waals surface area (Å²) in [5, 5.41) is 2.86. The quantitative estimate of drug-likeness (QED) is 0.828. The summed E-state index contributed by atoms with van der Waals surface area (Å²) in [6.45, 7) is 4.85. The molecule has 0 saturated carbocycles. The SMILES string of the molecule is Cc1cc(C)cc(NC(=O)c2ccc3c(c2)C(=O)N(C[C@@H]2CCCO2)C3=O)c1. The van der Waals surface area contributed by atoms with Crippen LogP contribution < -0.4 is 5.32 Å². The molecule has 2 aliphatic heterocycles. The maximum atomic E-state index is 12.7. The second kappa shape index (κ2) is 7.20. The van der Waals surface area contributed by atoms with Crippen molar-refractivity contribution in [2.75, 3.05) is 18.5 Å². The number of ether oxygens (including phenoxy) is 1. The van der Waals surface area contributed by atoms with Gasteiger partial charge < -0.3 is 10.1 Å². The Kier molecular flexibility index (Phi) is 4.73. The Morgan fingerprint density at radius 3 is 2.46 bits per heavy atom. The molecule has 0 unspecified atom stereocenters. The van der Waals surface area contributed by atoms with Crippen molar-refractivity contribution in [3.63, 3.8) is 0 Å². The van der Waals surface area contributed by atoms with Crippen LogP contribution in [0, 0.1) is 13.8 Å². The highest BCUT2D eigenvalue weighted by atomic mass is 16.5. The highest BCUT2D eigenvalue weighted by Gasteiger charge is 2.37. The molecule has 0 radical (unpaired) electrons. The van der Waals surface area contributed by atoms with E-state index in [2.05, 4.69) is 5.32 Å². The van der Waals surface area contributed by atoms with Crippen LogP contribution in [-0.4, -0.2) is 41.9 Å². The van der Waals surface area contributed by atoms with Crippen molar-refractivity contribution in [3.05, 3.63) is 64.2 Å². The first-order valence-corrected chi connectivity index (χ1v) is 9.44. The zero-order valence-corrected chi connectivity index (χ0v) is 16.0. The molecule has 28 heavy (non-hydrogen) atoms. The van der Waals surface area contributed by atoms with Gasteiger partial charge in [0, 0.05) is 17.9 Å². The minimum atomic E-state index is -0.364. The summed E-state index contributed by atoms with van der Waals surface area (Å²) >= 11 is 0. The van der Waals surface area contributed by atoms with Gasteiger partial charge in [-0.05, 0) is 68.1 Å². The Hall–Kier alpha value is -2.99. The fourth-order valence-corrected chi connectivity index (χ4v) is 3.84. The third-order valence-corrected chi connectivity index (χ3v) is 5.12. The molecule has 2 aliphatic rings. The molecule has 2 aromatic rings. The van der Waals surface area contributed by atoms with Gasteiger partial charge in [0.1, 0.15) is 0 Å². The summed E-state index contributed by atoms with van der Waals surface area (Å²) in [6, 6.07) is 10.4. The molecule has 2 aromatic carbocycles. The number of carbonyl (C=O) groups excluding carboxylic acids is 3. The normalized spacial score (nSPS) is 18.5. The number of anilines is 1. The number of benzene rings is 2. The van der Waals surface area contributed by atoms with E-state index in [-0.39, 0.29) is 35.9 Å². The first kappa shape index (κ1) is 18.4. The lowest BCUT2D eigenvalue weighted by Crippen LogP contribution is -2.36. The van der Waals surface area contributed by atoms with Crippen molar-refractivity contribution >= 4 is 23.4 Å². The van der Waals surface area contributed by atoms with Crippen molar-refractivity contribution in [3.8, 4) is 0 Å². The average Bonchev–Trinajstić information content (AvgIpc) is 3.24. The van der Waals surface area contributed by atoms with Crippen LogP contribution in [0.15, 0.2) is 36.4 Å². The lowest BCUT2D eigenvalue weighted by molar-refractivity contribution is 0.0475. The highest BCUT2D eigenvalue weighted by molar-refractivity contribution is 6.22. The Morgan fingerprint density at radius 2 is 1.79 bits per heavy atom. The molecule has 3 amide bonds. The number of amides is 3. The predicted octanol–water partition coefficient (Wildman–Crippen LogP) is 3.33. The zero-order valence-electron chi connectivity index (χ0n) is 16.0. The topological polar surface area (TPSA) is 75.7 Å². The molecule has 1 N–H and O–H groups in total. The van der Waals surface area contributed by atoms with E-state index >= 15 is 0 Å². The van der Waals surface area contributed by atoms with E-state index in [1.807, 2.05) is 32.0 Å². The second-order valence-corrected chi connectivity index (χ2v) is 7.45. The van der Waals surface area contributed by atoms with Gasteiger partial charge in [0.25, 0.3) is 17.7 Å². The number of fused-ring (bicyclic) bond motifs is 1. The largest absolute Gasteiger partial charge is 0.376 e. The predicted molar refractivity (Wildman–Crippen MR) is 105 cm³/mol. The minimum absolute atomic E-state index is 0.102. The fraction of sp³-hybridized carbons (Fsp3) is 0.318. The molecule has 144 valence electrons. The molecule has 6 heteroatoms. The van der Waals surface area contributed by atoms with Crippen LogP contribution in [0.2, 0.25) is 0 Å². The third-order valence-electron chi connectivity index (χ3n) is 5.12. The number of nitrogens with one attached hydrogen (secondary N) is 1. The van der Waals surface area contributed by atoms with Gasteiger partial charge in [-0.15, -0.1) is 0 Å². The summed E-state index contributed by atoms with van der Waals surface area (Å²) in [7, 11) is 0. The lowest BCUT2D eigenvalue weighted by Gasteiger charge is -2.17. The average molecular weight is 378 g/mol. The molecule has 4 rings (SSSR count). The van der Waals surface area contributed by atoms with Crippen molar-refractivity contribution in [1.29, 1.82) is 0 Å². The van der Waals surface area contributed by atoms with Crippen LogP contribution in [0.25, 0.3) is 0 Å². The lowest BCUT2D eigenvalue weighted by atomic mass is 10.0. The summed E-state index contributed by atoms with van der Waals surface area (Å²) in [4.78, 5) is 39.2. The first-order valence-electron chi connectivity index (χ1n) is 9.44. The van der Waals surface area contributed by atoms with Crippen LogP contribution in [0.3, 0.4) is 0 Å². The molecule has 1 fully saturated rings. The van der Waals surface area contributed by atoms with Crippen LogP contribution in [-0.2, 0) is 4.74 Å². The standard InChI is InChI=1S/C22H22N2O4/c1-13-8-14(2)10-16(9-13)23-20(25)15-5-6-18-19(11-15)22(27)24(21(18)26)12-17-4-3-7-28-17/h5-6,8-11,17H,3-4,7,12H2,1-2H3,(H,23,25)/t17-/m0/s1. The van der Waals surface area contributed by atoms with Crippen molar-refractivity contribution in [2.24, 2.45) is 0 Å². The minimum Gasteiger partial charge on any atom is -0.376 e. The number of imide groups is 1. The Bertz CT molecular complexity index is 956. The van der Waals surface area contributed by atoms with Gasteiger partial charge in [-0.2, -0.15) is 0 Å². The maximum absolute atomic E-state index is 12.7. The smallest absolute Gasteiger partial charge is 0.261 e. The summed E-state index contributed by atoms with van der Waals surface area (Å²) in [5.74, 6) is -1.00. The van der Waals surface area contributed by atoms with Crippen LogP contribution in [0.1, 0.15) is 55.0 Å². The monoisotopic (exact) mass is 378 g/mol. The van der Waals surface area contributed by atoms with Gasteiger partial charge in [0.05, 0.1) is 23.8 Å². The van der Waals surface area contributed by atoms with E-state index < -0.39 is 0 Å². The van der Waals surface area contributed by atoms with Crippen LogP contribution >= 0.6 is 0 Å². The second-order valence-electron chi connectivity index (χ2n) is 7.45. The number of aryl methyl sites for hydroxylation is 2. The Balaban J connectivity index is 1.54. The summed E-state index contributed by atoms with van der Waals surface area (Å²) in [6.07, 6.45) is 1.68. The number of carbonyl (C=O) groups is 3. The summed E-state index contributed by atoms with van der Waals surface area (Å²) < 4.78 is 5.55. The molecular weight excluding hydrogens is 356 g/mol. The molecule has 1 atom stereocenters. The van der Waals surface area contributed by atoms with Gasteiger partial charge in [-0.3, -0.25) is 19.3 Å². The molecular formula is C22H22N2O4. The van der Waals surface area contributed by atoms with E-state index in [0.717, 1.165) is 24.0 Å².